The highest BCUT2D eigenvalue weighted by atomic mass is 19.1. The number of hydrogen-bond acceptors (Lipinski definition) is 4. The number of urea groups is 1. The zero-order chi connectivity index (χ0) is 17.8. The van der Waals surface area contributed by atoms with Crippen LogP contribution in [-0.4, -0.2) is 25.2 Å². The minimum Gasteiger partial charge on any atom is -0.482 e. The summed E-state index contributed by atoms with van der Waals surface area (Å²) in [6, 6.07) is 10.7. The molecule has 2 amide bonds. The Hall–Kier alpha value is -3.09. The maximum Gasteiger partial charge on any atom is 0.344 e. The molecule has 1 heterocycles. The average molecular weight is 344 g/mol. The van der Waals surface area contributed by atoms with Crippen molar-refractivity contribution in [2.45, 2.75) is 13.5 Å². The zero-order valence-corrected chi connectivity index (χ0v) is 13.6. The molecule has 1 N–H and O–H groups in total. The number of nitrogens with one attached hydrogen (secondary N) is 1. The predicted octanol–water partition coefficient (Wildman–Crippen LogP) is 3.32. The number of carbonyl (C=O) groups is 2. The molecular formula is C18H17FN2O4. The Labute approximate surface area is 144 Å². The van der Waals surface area contributed by atoms with Crippen LogP contribution < -0.4 is 15.0 Å². The Kier molecular flexibility index (Phi) is 4.83. The quantitative estimate of drug-likeness (QED) is 0.845. The molecule has 0 atom stereocenters. The van der Waals surface area contributed by atoms with E-state index in [2.05, 4.69) is 5.32 Å². The van der Waals surface area contributed by atoms with Gasteiger partial charge in [0.05, 0.1) is 13.2 Å². The van der Waals surface area contributed by atoms with Gasteiger partial charge in [-0.25, -0.2) is 14.0 Å². The van der Waals surface area contributed by atoms with Crippen molar-refractivity contribution in [1.29, 1.82) is 0 Å². The third-order valence-electron chi connectivity index (χ3n) is 3.67. The lowest BCUT2D eigenvalue weighted by Gasteiger charge is -2.29. The van der Waals surface area contributed by atoms with Crippen LogP contribution in [0.5, 0.6) is 5.75 Å². The molecule has 6 nitrogen and oxygen atoms in total. The number of nitrogens with zero attached hydrogens (tertiary/aromatic N) is 1. The maximum absolute atomic E-state index is 13.4. The SMILES string of the molecule is CCOC(=O)COc1cccc(N2Cc3cc(F)ccc3NC2=O)c1. The van der Waals surface area contributed by atoms with Crippen LogP contribution in [0.15, 0.2) is 42.5 Å². The van der Waals surface area contributed by atoms with Gasteiger partial charge >= 0.3 is 12.0 Å². The number of halogens is 1. The Balaban J connectivity index is 1.76. The van der Waals surface area contributed by atoms with Crippen LogP contribution >= 0.6 is 0 Å². The minimum atomic E-state index is -0.465. The van der Waals surface area contributed by atoms with Crippen molar-refractivity contribution in [1.82, 2.24) is 0 Å². The van der Waals surface area contributed by atoms with Gasteiger partial charge in [-0.05, 0) is 42.8 Å². The van der Waals surface area contributed by atoms with Crippen molar-refractivity contribution in [3.8, 4) is 5.75 Å². The summed E-state index contributed by atoms with van der Waals surface area (Å²) >= 11 is 0. The highest BCUT2D eigenvalue weighted by molar-refractivity contribution is 6.04. The van der Waals surface area contributed by atoms with Gasteiger partial charge in [-0.3, -0.25) is 4.90 Å². The molecular weight excluding hydrogens is 327 g/mol. The van der Waals surface area contributed by atoms with Gasteiger partial charge in [-0.2, -0.15) is 0 Å². The third kappa shape index (κ3) is 3.88. The number of amides is 2. The fourth-order valence-corrected chi connectivity index (χ4v) is 2.53. The van der Waals surface area contributed by atoms with Gasteiger partial charge in [-0.1, -0.05) is 6.07 Å². The summed E-state index contributed by atoms with van der Waals surface area (Å²) in [5.74, 6) is -0.391. The second-order valence-corrected chi connectivity index (χ2v) is 5.41. The summed E-state index contributed by atoms with van der Waals surface area (Å²) in [6.07, 6.45) is 0. The van der Waals surface area contributed by atoms with Crippen LogP contribution in [-0.2, 0) is 16.1 Å². The van der Waals surface area contributed by atoms with Crippen molar-refractivity contribution < 1.29 is 23.5 Å². The van der Waals surface area contributed by atoms with E-state index in [0.717, 1.165) is 0 Å². The van der Waals surface area contributed by atoms with E-state index in [1.54, 1.807) is 37.3 Å². The molecule has 1 aliphatic heterocycles. The molecule has 0 radical (unpaired) electrons. The van der Waals surface area contributed by atoms with Gasteiger partial charge in [0.2, 0.25) is 0 Å². The van der Waals surface area contributed by atoms with Crippen LogP contribution in [0.4, 0.5) is 20.6 Å². The highest BCUT2D eigenvalue weighted by Gasteiger charge is 2.24. The van der Waals surface area contributed by atoms with Gasteiger partial charge in [-0.15, -0.1) is 0 Å². The van der Waals surface area contributed by atoms with Crippen molar-refractivity contribution in [2.75, 3.05) is 23.4 Å². The van der Waals surface area contributed by atoms with Crippen molar-refractivity contribution in [2.24, 2.45) is 0 Å². The number of anilines is 2. The van der Waals surface area contributed by atoms with Gasteiger partial charge < -0.3 is 14.8 Å². The first kappa shape index (κ1) is 16.8. The molecule has 0 bridgehead atoms. The van der Waals surface area contributed by atoms with Crippen LogP contribution in [0, 0.1) is 5.82 Å². The molecule has 3 rings (SSSR count). The third-order valence-corrected chi connectivity index (χ3v) is 3.67. The number of hydrogen-bond donors (Lipinski definition) is 1. The summed E-state index contributed by atoms with van der Waals surface area (Å²) in [7, 11) is 0. The topological polar surface area (TPSA) is 67.9 Å². The largest absolute Gasteiger partial charge is 0.482 e. The summed E-state index contributed by atoms with van der Waals surface area (Å²) in [5, 5.41) is 2.73. The number of rotatable bonds is 5. The molecule has 0 unspecified atom stereocenters. The molecule has 0 aromatic heterocycles. The van der Waals surface area contributed by atoms with Crippen LogP contribution in [0.1, 0.15) is 12.5 Å². The Bertz CT molecular complexity index is 809. The normalized spacial score (nSPS) is 13.0. The van der Waals surface area contributed by atoms with Gasteiger partial charge in [0.15, 0.2) is 6.61 Å². The van der Waals surface area contributed by atoms with E-state index in [4.69, 9.17) is 9.47 Å². The van der Waals surface area contributed by atoms with E-state index in [-0.39, 0.29) is 31.6 Å². The molecule has 2 aromatic carbocycles. The van der Waals surface area contributed by atoms with Gasteiger partial charge in [0.25, 0.3) is 0 Å². The molecule has 0 aliphatic carbocycles. The van der Waals surface area contributed by atoms with Crippen molar-refractivity contribution >= 4 is 23.4 Å². The average Bonchev–Trinajstić information content (AvgIpc) is 2.60. The number of carbonyl (C=O) groups excluding carboxylic acids is 2. The smallest absolute Gasteiger partial charge is 0.344 e. The molecule has 130 valence electrons. The predicted molar refractivity (Wildman–Crippen MR) is 90.2 cm³/mol. The Morgan fingerprint density at radius 3 is 2.92 bits per heavy atom. The monoisotopic (exact) mass is 344 g/mol. The van der Waals surface area contributed by atoms with Crippen molar-refractivity contribution in [3.05, 3.63) is 53.8 Å². The molecule has 0 fully saturated rings. The van der Waals surface area contributed by atoms with E-state index in [9.17, 15) is 14.0 Å². The van der Waals surface area contributed by atoms with E-state index >= 15 is 0 Å². The summed E-state index contributed by atoms with van der Waals surface area (Å²) in [4.78, 5) is 25.1. The van der Waals surface area contributed by atoms with E-state index < -0.39 is 5.97 Å². The van der Waals surface area contributed by atoms with Crippen LogP contribution in [0.3, 0.4) is 0 Å². The van der Waals surface area contributed by atoms with Crippen LogP contribution in [0.2, 0.25) is 0 Å². The summed E-state index contributed by atoms with van der Waals surface area (Å²) in [5.41, 5.74) is 1.85. The number of ether oxygens (including phenoxy) is 2. The first-order chi connectivity index (χ1) is 12.1. The van der Waals surface area contributed by atoms with Crippen molar-refractivity contribution in [3.63, 3.8) is 0 Å². The van der Waals surface area contributed by atoms with E-state index in [1.807, 2.05) is 0 Å². The van der Waals surface area contributed by atoms with Gasteiger partial charge in [0, 0.05) is 17.4 Å². The molecule has 2 aromatic rings. The Morgan fingerprint density at radius 1 is 1.28 bits per heavy atom. The number of fused-ring (bicyclic) bond motifs is 1. The zero-order valence-electron chi connectivity index (χ0n) is 13.6. The lowest BCUT2D eigenvalue weighted by atomic mass is 10.1. The highest BCUT2D eigenvalue weighted by Crippen LogP contribution is 2.29. The lowest BCUT2D eigenvalue weighted by Crippen LogP contribution is -2.38. The fourth-order valence-electron chi connectivity index (χ4n) is 2.53. The van der Waals surface area contributed by atoms with Gasteiger partial charge in [0.1, 0.15) is 11.6 Å². The standard InChI is InChI=1S/C18H17FN2O4/c1-2-24-17(22)11-25-15-5-3-4-14(9-15)21-10-12-8-13(19)6-7-16(12)20-18(21)23/h3-9H,2,10-11H2,1H3,(H,20,23). The van der Waals surface area contributed by atoms with E-state index in [1.165, 1.54) is 17.0 Å². The molecule has 0 saturated carbocycles. The molecule has 1 aliphatic rings. The molecule has 0 saturated heterocycles. The summed E-state index contributed by atoms with van der Waals surface area (Å²) < 4.78 is 23.6. The fraction of sp³-hybridized carbons (Fsp3) is 0.222. The summed E-state index contributed by atoms with van der Waals surface area (Å²) in [6.45, 7) is 2.03. The lowest BCUT2D eigenvalue weighted by molar-refractivity contribution is -0.145. The number of esters is 1. The molecule has 0 spiro atoms. The molecule has 7 heteroatoms. The minimum absolute atomic E-state index is 0.211. The first-order valence-electron chi connectivity index (χ1n) is 7.82. The van der Waals surface area contributed by atoms with Crippen LogP contribution in [0.25, 0.3) is 0 Å². The van der Waals surface area contributed by atoms with E-state index in [0.29, 0.717) is 22.7 Å². The number of benzene rings is 2. The maximum atomic E-state index is 13.4. The second kappa shape index (κ2) is 7.21. The second-order valence-electron chi connectivity index (χ2n) is 5.41. The Morgan fingerprint density at radius 2 is 2.12 bits per heavy atom. The molecule has 25 heavy (non-hydrogen) atoms. The first-order valence-corrected chi connectivity index (χ1v) is 7.82.